The Labute approximate surface area is 128 Å². The summed E-state index contributed by atoms with van der Waals surface area (Å²) >= 11 is 0. The fourth-order valence-corrected chi connectivity index (χ4v) is 3.24. The van der Waals surface area contributed by atoms with Crippen LogP contribution in [-0.2, 0) is 0 Å². The van der Waals surface area contributed by atoms with Crippen LogP contribution in [0.5, 0.6) is 0 Å². The van der Waals surface area contributed by atoms with Crippen molar-refractivity contribution >= 4 is 5.78 Å². The molecule has 0 N–H and O–H groups in total. The summed E-state index contributed by atoms with van der Waals surface area (Å²) in [4.78, 5) is 17.5. The molecule has 3 heteroatoms. The van der Waals surface area contributed by atoms with Gasteiger partial charge in [0, 0.05) is 23.6 Å². The summed E-state index contributed by atoms with van der Waals surface area (Å²) in [6.45, 7) is 7.25. The molecule has 1 aliphatic heterocycles. The summed E-state index contributed by atoms with van der Waals surface area (Å²) in [6.07, 6.45) is 2.39. The van der Waals surface area contributed by atoms with Crippen LogP contribution in [0.2, 0.25) is 0 Å². The molecule has 1 saturated heterocycles. The molecule has 0 atom stereocenters. The van der Waals surface area contributed by atoms with Gasteiger partial charge in [0.2, 0.25) is 0 Å². The van der Waals surface area contributed by atoms with Gasteiger partial charge in [0.1, 0.15) is 0 Å². The van der Waals surface area contributed by atoms with Gasteiger partial charge in [-0.3, -0.25) is 4.79 Å². The first-order chi connectivity index (χ1) is 9.90. The highest BCUT2D eigenvalue weighted by molar-refractivity contribution is 6.00. The molecule has 2 rings (SSSR count). The summed E-state index contributed by atoms with van der Waals surface area (Å²) in [5.41, 5.74) is 0.471. The fourth-order valence-electron chi connectivity index (χ4n) is 3.24. The van der Waals surface area contributed by atoms with Crippen LogP contribution in [0.15, 0.2) is 30.3 Å². The van der Waals surface area contributed by atoms with E-state index in [0.717, 1.165) is 25.2 Å². The quantitative estimate of drug-likeness (QED) is 0.778. The third-order valence-electron chi connectivity index (χ3n) is 4.61. The topological polar surface area (TPSA) is 23.6 Å². The van der Waals surface area contributed by atoms with Crippen LogP contribution in [0, 0.1) is 5.41 Å². The van der Waals surface area contributed by atoms with Crippen LogP contribution in [0.1, 0.15) is 37.0 Å². The number of piperidine rings is 1. The summed E-state index contributed by atoms with van der Waals surface area (Å²) in [7, 11) is 4.34. The monoisotopic (exact) mass is 288 g/mol. The molecule has 0 saturated carbocycles. The molecular formula is C18H28N2O. The Hall–Kier alpha value is -1.19. The van der Waals surface area contributed by atoms with E-state index in [1.165, 1.54) is 12.8 Å². The number of carbonyl (C=O) groups excluding carboxylic acids is 1. The number of rotatable bonds is 5. The number of ketones is 1. The van der Waals surface area contributed by atoms with Crippen LogP contribution >= 0.6 is 0 Å². The molecule has 1 aromatic rings. The molecule has 116 valence electrons. The van der Waals surface area contributed by atoms with Gasteiger partial charge < -0.3 is 9.80 Å². The van der Waals surface area contributed by atoms with E-state index in [4.69, 9.17) is 0 Å². The average Bonchev–Trinajstić information content (AvgIpc) is 2.47. The van der Waals surface area contributed by atoms with E-state index in [1.54, 1.807) is 0 Å². The number of hydrogen-bond donors (Lipinski definition) is 0. The van der Waals surface area contributed by atoms with Crippen LogP contribution in [0.4, 0.5) is 0 Å². The van der Waals surface area contributed by atoms with Gasteiger partial charge in [0.25, 0.3) is 0 Å². The SMILES string of the molecule is CN1CCC(N(C)CC(C)(C)C(=O)c2ccccc2)CC1. The maximum atomic E-state index is 12.7. The highest BCUT2D eigenvalue weighted by Gasteiger charge is 2.32. The lowest BCUT2D eigenvalue weighted by atomic mass is 9.83. The van der Waals surface area contributed by atoms with E-state index in [0.29, 0.717) is 6.04 Å². The summed E-state index contributed by atoms with van der Waals surface area (Å²) in [5, 5.41) is 0. The van der Waals surface area contributed by atoms with Gasteiger partial charge in [-0.2, -0.15) is 0 Å². The van der Waals surface area contributed by atoms with Crippen LogP contribution in [-0.4, -0.2) is 55.4 Å². The molecular weight excluding hydrogens is 260 g/mol. The van der Waals surface area contributed by atoms with Crippen LogP contribution in [0.25, 0.3) is 0 Å². The standard InChI is InChI=1S/C18H28N2O/c1-18(2,17(21)15-8-6-5-7-9-15)14-20(4)16-10-12-19(3)13-11-16/h5-9,16H,10-14H2,1-4H3. The average molecular weight is 288 g/mol. The number of likely N-dealkylation sites (tertiary alicyclic amines) is 1. The maximum absolute atomic E-state index is 12.7. The van der Waals surface area contributed by atoms with Gasteiger partial charge in [-0.25, -0.2) is 0 Å². The zero-order valence-electron chi connectivity index (χ0n) is 13.8. The minimum atomic E-state index is -0.348. The first kappa shape index (κ1) is 16.2. The second-order valence-electron chi connectivity index (χ2n) is 7.03. The Bertz CT molecular complexity index is 461. The smallest absolute Gasteiger partial charge is 0.169 e. The molecule has 1 fully saturated rings. The predicted octanol–water partition coefficient (Wildman–Crippen LogP) is 2.92. The lowest BCUT2D eigenvalue weighted by molar-refractivity contribution is 0.0692. The third-order valence-corrected chi connectivity index (χ3v) is 4.61. The van der Waals surface area contributed by atoms with Gasteiger partial charge in [-0.05, 0) is 40.0 Å². The molecule has 1 aromatic carbocycles. The van der Waals surface area contributed by atoms with Crippen molar-refractivity contribution in [2.75, 3.05) is 33.7 Å². The second-order valence-corrected chi connectivity index (χ2v) is 7.03. The van der Waals surface area contributed by atoms with Crippen molar-refractivity contribution in [3.05, 3.63) is 35.9 Å². The highest BCUT2D eigenvalue weighted by atomic mass is 16.1. The van der Waals surface area contributed by atoms with Gasteiger partial charge in [0.15, 0.2) is 5.78 Å². The largest absolute Gasteiger partial charge is 0.306 e. The Morgan fingerprint density at radius 1 is 1.24 bits per heavy atom. The van der Waals surface area contributed by atoms with Gasteiger partial charge >= 0.3 is 0 Å². The van der Waals surface area contributed by atoms with E-state index in [-0.39, 0.29) is 11.2 Å². The number of hydrogen-bond acceptors (Lipinski definition) is 3. The molecule has 0 radical (unpaired) electrons. The van der Waals surface area contributed by atoms with E-state index in [1.807, 2.05) is 30.3 Å². The van der Waals surface area contributed by atoms with Gasteiger partial charge in [0.05, 0.1) is 0 Å². The van der Waals surface area contributed by atoms with Gasteiger partial charge in [-0.1, -0.05) is 44.2 Å². The Kier molecular flexibility index (Phi) is 5.17. The first-order valence-corrected chi connectivity index (χ1v) is 7.89. The Morgan fingerprint density at radius 3 is 2.38 bits per heavy atom. The summed E-state index contributed by atoms with van der Waals surface area (Å²) in [6, 6.07) is 10.3. The van der Waals surface area contributed by atoms with Crippen molar-refractivity contribution in [2.24, 2.45) is 5.41 Å². The normalized spacial score (nSPS) is 18.1. The molecule has 0 aliphatic carbocycles. The Balaban J connectivity index is 1.98. The van der Waals surface area contributed by atoms with Crippen molar-refractivity contribution in [1.29, 1.82) is 0 Å². The van der Waals surface area contributed by atoms with Crippen molar-refractivity contribution in [3.63, 3.8) is 0 Å². The fraction of sp³-hybridized carbons (Fsp3) is 0.611. The van der Waals surface area contributed by atoms with Crippen molar-refractivity contribution < 1.29 is 4.79 Å². The minimum Gasteiger partial charge on any atom is -0.306 e. The van der Waals surface area contributed by atoms with Crippen LogP contribution < -0.4 is 0 Å². The summed E-state index contributed by atoms with van der Waals surface area (Å²) < 4.78 is 0. The maximum Gasteiger partial charge on any atom is 0.169 e. The zero-order valence-corrected chi connectivity index (χ0v) is 13.8. The van der Waals surface area contributed by atoms with Crippen LogP contribution in [0.3, 0.4) is 0 Å². The molecule has 3 nitrogen and oxygen atoms in total. The molecule has 0 unspecified atom stereocenters. The number of benzene rings is 1. The molecule has 0 aromatic heterocycles. The lowest BCUT2D eigenvalue weighted by Crippen LogP contribution is -2.46. The van der Waals surface area contributed by atoms with E-state index >= 15 is 0 Å². The van der Waals surface area contributed by atoms with Crippen molar-refractivity contribution in [1.82, 2.24) is 9.80 Å². The van der Waals surface area contributed by atoms with Crippen molar-refractivity contribution in [2.45, 2.75) is 32.7 Å². The number of nitrogens with zero attached hydrogens (tertiary/aromatic N) is 2. The van der Waals surface area contributed by atoms with E-state index in [9.17, 15) is 4.79 Å². The molecule has 21 heavy (non-hydrogen) atoms. The third kappa shape index (κ3) is 4.14. The first-order valence-electron chi connectivity index (χ1n) is 7.89. The molecule has 0 spiro atoms. The summed E-state index contributed by atoms with van der Waals surface area (Å²) in [5.74, 6) is 0.239. The number of Topliss-reactive ketones (excluding diaryl/α,β-unsaturated/α-hetero) is 1. The number of carbonyl (C=O) groups is 1. The predicted molar refractivity (Wildman–Crippen MR) is 87.7 cm³/mol. The molecule has 0 bridgehead atoms. The van der Waals surface area contributed by atoms with E-state index < -0.39 is 0 Å². The lowest BCUT2D eigenvalue weighted by Gasteiger charge is -2.38. The molecule has 1 heterocycles. The highest BCUT2D eigenvalue weighted by Crippen LogP contribution is 2.25. The van der Waals surface area contributed by atoms with Crippen molar-refractivity contribution in [3.8, 4) is 0 Å². The zero-order chi connectivity index (χ0) is 15.5. The van der Waals surface area contributed by atoms with Gasteiger partial charge in [-0.15, -0.1) is 0 Å². The Morgan fingerprint density at radius 2 is 1.81 bits per heavy atom. The minimum absolute atomic E-state index is 0.239. The molecule has 0 amide bonds. The van der Waals surface area contributed by atoms with E-state index in [2.05, 4.69) is 37.7 Å². The second kappa shape index (κ2) is 6.71. The molecule has 1 aliphatic rings.